The van der Waals surface area contributed by atoms with Crippen LogP contribution < -0.4 is 26.6 Å². The minimum atomic E-state index is -1.16. The number of rotatable bonds is 22. The Hall–Kier alpha value is -3.03. The summed E-state index contributed by atoms with van der Waals surface area (Å²) in [7, 11) is 0. The Bertz CT molecular complexity index is 1020. The SMILES string of the molecule is CCC(C)C(NC(=O)C(CCSC)NC(=O)OCC(C)C)C(=O)NC(C(=O)NC(C(=O)NC(CC(C)C)C(=O)O)C(C)CC)C(C)C. The minimum Gasteiger partial charge on any atom is -0.480 e. The molecule has 0 aliphatic heterocycles. The molecule has 7 atom stereocenters. The molecule has 0 heterocycles. The third-order valence-electron chi connectivity index (χ3n) is 7.92. The zero-order chi connectivity index (χ0) is 36.4. The van der Waals surface area contributed by atoms with Crippen LogP contribution in [0.4, 0.5) is 4.79 Å². The summed E-state index contributed by atoms with van der Waals surface area (Å²) in [4.78, 5) is 78.2. The molecular formula is C33H61N5O8S. The van der Waals surface area contributed by atoms with Crippen LogP contribution in [-0.4, -0.2) is 89.6 Å². The van der Waals surface area contributed by atoms with Crippen LogP contribution in [0, 0.1) is 29.6 Å². The van der Waals surface area contributed by atoms with Gasteiger partial charge in [-0.1, -0.05) is 82.1 Å². The van der Waals surface area contributed by atoms with Crippen molar-refractivity contribution in [2.75, 3.05) is 18.6 Å². The van der Waals surface area contributed by atoms with Gasteiger partial charge in [-0.2, -0.15) is 11.8 Å². The summed E-state index contributed by atoms with van der Waals surface area (Å²) in [6.07, 6.45) is 2.76. The second kappa shape index (κ2) is 22.5. The molecule has 0 radical (unpaired) electrons. The molecule has 0 aliphatic carbocycles. The first-order valence-electron chi connectivity index (χ1n) is 16.8. The van der Waals surface area contributed by atoms with Crippen molar-refractivity contribution < 1.29 is 38.6 Å². The molecule has 0 aromatic rings. The number of carboxylic acid groups (broad SMARTS) is 1. The predicted octanol–water partition coefficient (Wildman–Crippen LogP) is 3.31. The highest BCUT2D eigenvalue weighted by Gasteiger charge is 2.36. The Labute approximate surface area is 285 Å². The number of nitrogens with one attached hydrogen (secondary N) is 5. The summed E-state index contributed by atoms with van der Waals surface area (Å²) >= 11 is 1.51. The monoisotopic (exact) mass is 687 g/mol. The molecule has 7 unspecified atom stereocenters. The zero-order valence-corrected chi connectivity index (χ0v) is 31.0. The van der Waals surface area contributed by atoms with Crippen molar-refractivity contribution in [1.82, 2.24) is 26.6 Å². The molecule has 0 bridgehead atoms. The molecule has 0 spiro atoms. The summed E-state index contributed by atoms with van der Waals surface area (Å²) in [5.74, 6) is -3.85. The highest BCUT2D eigenvalue weighted by molar-refractivity contribution is 7.98. The first-order valence-corrected chi connectivity index (χ1v) is 18.2. The third kappa shape index (κ3) is 16.6. The van der Waals surface area contributed by atoms with Crippen molar-refractivity contribution in [3.8, 4) is 0 Å². The van der Waals surface area contributed by atoms with E-state index in [0.717, 1.165) is 0 Å². The molecule has 0 saturated carbocycles. The Morgan fingerprint density at radius 1 is 0.638 bits per heavy atom. The van der Waals surface area contributed by atoms with Gasteiger partial charge in [0.25, 0.3) is 0 Å². The molecule has 0 fully saturated rings. The molecule has 13 nitrogen and oxygen atoms in total. The zero-order valence-electron chi connectivity index (χ0n) is 30.2. The summed E-state index contributed by atoms with van der Waals surface area (Å²) in [6.45, 7) is 18.5. The fourth-order valence-electron chi connectivity index (χ4n) is 4.56. The van der Waals surface area contributed by atoms with E-state index in [1.54, 1.807) is 27.7 Å². The number of hydrogen-bond donors (Lipinski definition) is 6. The topological polar surface area (TPSA) is 192 Å². The van der Waals surface area contributed by atoms with Gasteiger partial charge in [0.2, 0.25) is 23.6 Å². The van der Waals surface area contributed by atoms with Crippen LogP contribution in [0.2, 0.25) is 0 Å². The van der Waals surface area contributed by atoms with Gasteiger partial charge in [-0.25, -0.2) is 9.59 Å². The lowest BCUT2D eigenvalue weighted by molar-refractivity contribution is -0.143. The van der Waals surface area contributed by atoms with E-state index in [2.05, 4.69) is 26.6 Å². The molecule has 5 amide bonds. The summed E-state index contributed by atoms with van der Waals surface area (Å²) in [5, 5.41) is 23.1. The van der Waals surface area contributed by atoms with Crippen molar-refractivity contribution in [1.29, 1.82) is 0 Å². The maximum Gasteiger partial charge on any atom is 0.407 e. The van der Waals surface area contributed by atoms with E-state index in [-0.39, 0.29) is 36.7 Å². The first kappa shape index (κ1) is 44.0. The maximum absolute atomic E-state index is 13.7. The second-order valence-electron chi connectivity index (χ2n) is 13.5. The molecule has 0 aromatic heterocycles. The molecule has 0 rings (SSSR count). The van der Waals surface area contributed by atoms with Crippen molar-refractivity contribution in [2.45, 2.75) is 125 Å². The van der Waals surface area contributed by atoms with E-state index in [1.807, 2.05) is 47.8 Å². The van der Waals surface area contributed by atoms with Gasteiger partial charge in [0.1, 0.15) is 30.2 Å². The predicted molar refractivity (Wildman–Crippen MR) is 185 cm³/mol. The lowest BCUT2D eigenvalue weighted by Crippen LogP contribution is -2.61. The van der Waals surface area contributed by atoms with Gasteiger partial charge in [0.05, 0.1) is 6.61 Å². The number of carbonyl (C=O) groups excluding carboxylic acids is 5. The normalized spacial score (nSPS) is 15.9. The van der Waals surface area contributed by atoms with Crippen molar-refractivity contribution >= 4 is 47.5 Å². The number of carbonyl (C=O) groups is 6. The minimum absolute atomic E-state index is 0.0165. The summed E-state index contributed by atoms with van der Waals surface area (Å²) in [5.41, 5.74) is 0. The van der Waals surface area contributed by atoms with Crippen LogP contribution in [0.3, 0.4) is 0 Å². The van der Waals surface area contributed by atoms with Gasteiger partial charge in [-0.3, -0.25) is 19.2 Å². The van der Waals surface area contributed by atoms with E-state index in [0.29, 0.717) is 25.0 Å². The molecule has 14 heteroatoms. The number of thioether (sulfide) groups is 1. The van der Waals surface area contributed by atoms with E-state index >= 15 is 0 Å². The lowest BCUT2D eigenvalue weighted by atomic mass is 9.94. The van der Waals surface area contributed by atoms with Crippen LogP contribution in [0.1, 0.15) is 94.9 Å². The number of hydrogen-bond acceptors (Lipinski definition) is 8. The maximum atomic E-state index is 13.7. The Kier molecular flexibility index (Phi) is 21.1. The molecule has 0 aromatic carbocycles. The van der Waals surface area contributed by atoms with Crippen LogP contribution >= 0.6 is 11.8 Å². The first-order chi connectivity index (χ1) is 21.9. The van der Waals surface area contributed by atoms with Gasteiger partial charge in [0, 0.05) is 0 Å². The number of aliphatic carboxylic acids is 1. The van der Waals surface area contributed by atoms with Crippen LogP contribution in [-0.2, 0) is 28.7 Å². The van der Waals surface area contributed by atoms with E-state index < -0.39 is 71.8 Å². The molecule has 0 aliphatic rings. The summed E-state index contributed by atoms with van der Waals surface area (Å²) in [6, 6.07) is -5.17. The third-order valence-corrected chi connectivity index (χ3v) is 8.57. The molecule has 47 heavy (non-hydrogen) atoms. The van der Waals surface area contributed by atoms with E-state index in [4.69, 9.17) is 4.74 Å². The number of ether oxygens (including phenoxy) is 1. The molecule has 6 N–H and O–H groups in total. The number of alkyl carbamates (subject to hydrolysis) is 1. The molecular weight excluding hydrogens is 626 g/mol. The quantitative estimate of drug-likeness (QED) is 0.0991. The van der Waals surface area contributed by atoms with E-state index in [9.17, 15) is 33.9 Å². The molecule has 0 saturated heterocycles. The smallest absolute Gasteiger partial charge is 0.407 e. The fraction of sp³-hybridized carbons (Fsp3) is 0.818. The van der Waals surface area contributed by atoms with Gasteiger partial charge >= 0.3 is 12.1 Å². The standard InChI is InChI=1S/C33H61N5O8S/c1-12-21(9)26(30(41)34-24(32(43)44)16-18(3)4)38-29(40)25(20(7)8)36-31(42)27(22(10)13-2)37-28(39)23(14-15-47-11)35-33(45)46-17-19(5)6/h18-27H,12-17H2,1-11H3,(H,34,41)(H,35,45)(H,36,42)(H,37,39)(H,38,40)(H,43,44). The highest BCUT2D eigenvalue weighted by Crippen LogP contribution is 2.14. The van der Waals surface area contributed by atoms with Crippen LogP contribution in [0.5, 0.6) is 0 Å². The average Bonchev–Trinajstić information content (AvgIpc) is 3.00. The van der Waals surface area contributed by atoms with Crippen LogP contribution in [0.15, 0.2) is 0 Å². The van der Waals surface area contributed by atoms with Crippen LogP contribution in [0.25, 0.3) is 0 Å². The van der Waals surface area contributed by atoms with Crippen molar-refractivity contribution in [2.24, 2.45) is 29.6 Å². The van der Waals surface area contributed by atoms with Gasteiger partial charge in [-0.05, 0) is 54.4 Å². The largest absolute Gasteiger partial charge is 0.480 e. The summed E-state index contributed by atoms with van der Waals surface area (Å²) < 4.78 is 5.20. The number of carboxylic acids is 1. The van der Waals surface area contributed by atoms with E-state index in [1.165, 1.54) is 11.8 Å². The fourth-order valence-corrected chi connectivity index (χ4v) is 5.04. The highest BCUT2D eigenvalue weighted by atomic mass is 32.2. The van der Waals surface area contributed by atoms with Crippen molar-refractivity contribution in [3.05, 3.63) is 0 Å². The Balaban J connectivity index is 6.01. The Morgan fingerprint density at radius 3 is 1.53 bits per heavy atom. The average molecular weight is 688 g/mol. The second-order valence-corrected chi connectivity index (χ2v) is 14.5. The lowest BCUT2D eigenvalue weighted by Gasteiger charge is -2.31. The molecule has 272 valence electrons. The Morgan fingerprint density at radius 2 is 1.11 bits per heavy atom. The van der Waals surface area contributed by atoms with Gasteiger partial charge < -0.3 is 36.4 Å². The van der Waals surface area contributed by atoms with Gasteiger partial charge in [0.15, 0.2) is 0 Å². The van der Waals surface area contributed by atoms with Crippen molar-refractivity contribution in [3.63, 3.8) is 0 Å². The number of amides is 5. The van der Waals surface area contributed by atoms with Gasteiger partial charge in [-0.15, -0.1) is 0 Å².